The Morgan fingerprint density at radius 1 is 0.824 bits per heavy atom. The maximum Gasteiger partial charge on any atom is 0.232 e. The highest BCUT2D eigenvalue weighted by Crippen LogP contribution is 2.20. The molecule has 0 bridgehead atoms. The van der Waals surface area contributed by atoms with Gasteiger partial charge in [-0.25, -0.2) is 16.8 Å². The van der Waals surface area contributed by atoms with Crippen LogP contribution in [0.5, 0.6) is 0 Å². The first-order chi connectivity index (χ1) is 7.12. The normalized spacial score (nSPS) is 14.9. The van der Waals surface area contributed by atoms with Gasteiger partial charge in [0.2, 0.25) is 18.1 Å². The zero-order valence-corrected chi connectivity index (χ0v) is 15.2. The molecule has 0 aromatic heterocycles. The SMILES string of the molecule is C[Si](C)(CS(=O)(=O)Cl)O[Si](C)(C)CS(=O)(=O)Cl. The summed E-state index contributed by atoms with van der Waals surface area (Å²) in [5.74, 6) is 0. The third-order valence-electron chi connectivity index (χ3n) is 1.59. The van der Waals surface area contributed by atoms with Crippen molar-refractivity contribution in [2.75, 3.05) is 10.8 Å². The molecule has 0 aliphatic carbocycles. The number of halogens is 2. The topological polar surface area (TPSA) is 77.5 Å². The van der Waals surface area contributed by atoms with Gasteiger partial charge in [0.1, 0.15) is 0 Å². The molecular formula is C6H16Cl2O5S2Si2. The van der Waals surface area contributed by atoms with E-state index in [4.69, 9.17) is 25.5 Å². The van der Waals surface area contributed by atoms with E-state index in [0.717, 1.165) is 0 Å². The molecule has 0 amide bonds. The molecule has 0 atom stereocenters. The van der Waals surface area contributed by atoms with Crippen LogP contribution < -0.4 is 0 Å². The van der Waals surface area contributed by atoms with Crippen molar-refractivity contribution in [3.8, 4) is 0 Å². The van der Waals surface area contributed by atoms with Crippen LogP contribution in [-0.2, 0) is 22.2 Å². The van der Waals surface area contributed by atoms with Gasteiger partial charge < -0.3 is 4.12 Å². The number of rotatable bonds is 6. The zero-order chi connectivity index (χ0) is 14.1. The summed E-state index contributed by atoms with van der Waals surface area (Å²) in [6.45, 7) is 6.73. The van der Waals surface area contributed by atoms with E-state index in [-0.39, 0.29) is 10.8 Å². The van der Waals surface area contributed by atoms with Crippen molar-refractivity contribution in [2.45, 2.75) is 26.2 Å². The van der Waals surface area contributed by atoms with E-state index >= 15 is 0 Å². The summed E-state index contributed by atoms with van der Waals surface area (Å²) >= 11 is 0. The van der Waals surface area contributed by atoms with Crippen LogP contribution in [0.1, 0.15) is 0 Å². The van der Waals surface area contributed by atoms with Crippen molar-refractivity contribution in [3.05, 3.63) is 0 Å². The average molecular weight is 359 g/mol. The third kappa shape index (κ3) is 10.5. The van der Waals surface area contributed by atoms with Crippen LogP contribution in [0.2, 0.25) is 26.2 Å². The fourth-order valence-electron chi connectivity index (χ4n) is 1.64. The van der Waals surface area contributed by atoms with Crippen LogP contribution in [0.25, 0.3) is 0 Å². The minimum atomic E-state index is -3.65. The molecule has 0 saturated heterocycles. The Hall–Kier alpha value is 0.874. The van der Waals surface area contributed by atoms with Crippen molar-refractivity contribution < 1.29 is 21.0 Å². The predicted molar refractivity (Wildman–Crippen MR) is 75.3 cm³/mol. The second-order valence-corrected chi connectivity index (χ2v) is 20.1. The lowest BCUT2D eigenvalue weighted by Gasteiger charge is -2.32. The molecule has 11 heteroatoms. The molecule has 0 aromatic carbocycles. The number of hydrogen-bond acceptors (Lipinski definition) is 5. The molecule has 0 fully saturated rings. The Bertz CT molecular complexity index is 427. The quantitative estimate of drug-likeness (QED) is 0.532. The predicted octanol–water partition coefficient (Wildman–Crippen LogP) is 1.63. The Morgan fingerprint density at radius 2 is 1.06 bits per heavy atom. The van der Waals surface area contributed by atoms with Gasteiger partial charge in [-0.15, -0.1) is 0 Å². The summed E-state index contributed by atoms with van der Waals surface area (Å²) in [6.07, 6.45) is 0. The van der Waals surface area contributed by atoms with Crippen molar-refractivity contribution in [3.63, 3.8) is 0 Å². The summed E-state index contributed by atoms with van der Waals surface area (Å²) in [7, 11) is -2.05. The van der Waals surface area contributed by atoms with Gasteiger partial charge in [-0.1, -0.05) is 0 Å². The van der Waals surface area contributed by atoms with E-state index in [1.165, 1.54) is 0 Å². The van der Waals surface area contributed by atoms with E-state index in [9.17, 15) is 16.8 Å². The minimum absolute atomic E-state index is 0.250. The fraction of sp³-hybridized carbons (Fsp3) is 1.00. The highest BCUT2D eigenvalue weighted by Gasteiger charge is 2.38. The first-order valence-corrected chi connectivity index (χ1v) is 15.9. The van der Waals surface area contributed by atoms with Crippen LogP contribution in [-0.4, -0.2) is 44.2 Å². The van der Waals surface area contributed by atoms with E-state index in [1.54, 1.807) is 26.2 Å². The van der Waals surface area contributed by atoms with E-state index in [1.807, 2.05) is 0 Å². The van der Waals surface area contributed by atoms with Gasteiger partial charge in [-0.2, -0.15) is 0 Å². The Morgan fingerprint density at radius 3 is 1.24 bits per heavy atom. The van der Waals surface area contributed by atoms with Gasteiger partial charge in [-0.3, -0.25) is 0 Å². The Balaban J connectivity index is 4.82. The second-order valence-electron chi connectivity index (χ2n) is 4.99. The zero-order valence-electron chi connectivity index (χ0n) is 10.0. The van der Waals surface area contributed by atoms with Crippen LogP contribution in [0.4, 0.5) is 0 Å². The first-order valence-electron chi connectivity index (χ1n) is 4.67. The van der Waals surface area contributed by atoms with Crippen molar-refractivity contribution in [1.29, 1.82) is 0 Å². The second kappa shape index (κ2) is 5.47. The smallest absolute Gasteiger partial charge is 0.232 e. The van der Waals surface area contributed by atoms with E-state index in [0.29, 0.717) is 0 Å². The van der Waals surface area contributed by atoms with Crippen molar-refractivity contribution in [2.24, 2.45) is 0 Å². The van der Waals surface area contributed by atoms with Crippen molar-refractivity contribution >= 4 is 56.1 Å². The lowest BCUT2D eigenvalue weighted by Crippen LogP contribution is -2.51. The molecule has 0 saturated carbocycles. The molecule has 0 unspecified atom stereocenters. The third-order valence-corrected chi connectivity index (χ3v) is 16.3. The molecule has 5 nitrogen and oxygen atoms in total. The molecule has 104 valence electrons. The van der Waals surface area contributed by atoms with Gasteiger partial charge >= 0.3 is 0 Å². The molecule has 0 rings (SSSR count). The van der Waals surface area contributed by atoms with E-state index < -0.39 is 34.7 Å². The van der Waals surface area contributed by atoms with Crippen LogP contribution in [0.15, 0.2) is 0 Å². The number of hydrogen-bond donors (Lipinski definition) is 0. The summed E-state index contributed by atoms with van der Waals surface area (Å²) < 4.78 is 49.8. The van der Waals surface area contributed by atoms with Gasteiger partial charge in [0, 0.05) is 21.4 Å². The largest absolute Gasteiger partial charge is 0.454 e. The lowest BCUT2D eigenvalue weighted by atomic mass is 11.8. The molecule has 0 aliphatic heterocycles. The average Bonchev–Trinajstić information content (AvgIpc) is 1.65. The Labute approximate surface area is 114 Å². The van der Waals surface area contributed by atoms with Crippen LogP contribution in [0, 0.1) is 0 Å². The molecule has 0 aliphatic rings. The van der Waals surface area contributed by atoms with Gasteiger partial charge in [0.05, 0.1) is 10.8 Å². The fourth-order valence-corrected chi connectivity index (χ4v) is 20.5. The first kappa shape index (κ1) is 17.9. The maximum atomic E-state index is 11.0. The van der Waals surface area contributed by atoms with Gasteiger partial charge in [-0.05, 0) is 26.2 Å². The summed E-state index contributed by atoms with van der Waals surface area (Å²) in [5.41, 5.74) is 0. The van der Waals surface area contributed by atoms with Gasteiger partial charge in [0.15, 0.2) is 16.6 Å². The minimum Gasteiger partial charge on any atom is -0.454 e. The van der Waals surface area contributed by atoms with E-state index in [2.05, 4.69) is 0 Å². The molecule has 0 radical (unpaired) electrons. The summed E-state index contributed by atoms with van der Waals surface area (Å²) in [4.78, 5) is 0. The molecule has 17 heavy (non-hydrogen) atoms. The molecular weight excluding hydrogens is 343 g/mol. The molecule has 0 heterocycles. The van der Waals surface area contributed by atoms with Crippen LogP contribution >= 0.6 is 21.4 Å². The molecule has 0 aromatic rings. The highest BCUT2D eigenvalue weighted by molar-refractivity contribution is 8.15. The summed E-state index contributed by atoms with van der Waals surface area (Å²) in [5, 5.41) is -0.499. The monoisotopic (exact) mass is 358 g/mol. The lowest BCUT2D eigenvalue weighted by molar-refractivity contribution is 0.549. The molecule has 0 spiro atoms. The maximum absolute atomic E-state index is 11.0. The van der Waals surface area contributed by atoms with Crippen LogP contribution in [0.3, 0.4) is 0 Å². The molecule has 0 N–H and O–H groups in total. The standard InChI is InChI=1S/C6H16Cl2O5S2Si2/c1-16(2,5-14(7,9)10)13-17(3,4)6-15(8,11)12/h5-6H2,1-4H3. The highest BCUT2D eigenvalue weighted by atomic mass is 35.7. The van der Waals surface area contributed by atoms with Crippen molar-refractivity contribution in [1.82, 2.24) is 0 Å². The Kier molecular flexibility index (Phi) is 5.75. The van der Waals surface area contributed by atoms with Gasteiger partial charge in [0.25, 0.3) is 0 Å². The summed E-state index contributed by atoms with van der Waals surface area (Å²) in [6, 6.07) is 0.